The molecule has 2 unspecified atom stereocenters. The van der Waals surface area contributed by atoms with Gasteiger partial charge in [0.2, 0.25) is 0 Å². The molecule has 0 aliphatic rings. The van der Waals surface area contributed by atoms with Gasteiger partial charge in [-0.2, -0.15) is 0 Å². The van der Waals surface area contributed by atoms with Crippen molar-refractivity contribution in [3.63, 3.8) is 0 Å². The molecule has 3 nitrogen and oxygen atoms in total. The summed E-state index contributed by atoms with van der Waals surface area (Å²) in [6.45, 7) is 1.11. The summed E-state index contributed by atoms with van der Waals surface area (Å²) in [7, 11) is 1.64. The highest BCUT2D eigenvalue weighted by Gasteiger charge is 2.30. The summed E-state index contributed by atoms with van der Waals surface area (Å²) in [6, 6.07) is 0. The molecule has 0 aromatic rings. The molecule has 0 aliphatic carbocycles. The van der Waals surface area contributed by atoms with E-state index >= 15 is 0 Å². The molecule has 0 radical (unpaired) electrons. The summed E-state index contributed by atoms with van der Waals surface area (Å²) in [5.41, 5.74) is 1.33. The van der Waals surface area contributed by atoms with E-state index in [0.717, 1.165) is 6.42 Å². The second-order valence-electron chi connectivity index (χ2n) is 2.95. The van der Waals surface area contributed by atoms with Crippen LogP contribution in [0.1, 0.15) is 20.3 Å². The van der Waals surface area contributed by atoms with Crippen molar-refractivity contribution < 1.29 is 9.09 Å². The van der Waals surface area contributed by atoms with Crippen LogP contribution < -0.4 is 0 Å². The van der Waals surface area contributed by atoms with Crippen molar-refractivity contribution in [2.45, 2.75) is 25.5 Å². The van der Waals surface area contributed by atoms with Gasteiger partial charge in [-0.1, -0.05) is 32.0 Å². The SMILES string of the molecule is C#CCOP(=O)(SC(C)CC)N(C)C=S. The quantitative estimate of drug-likeness (QED) is 0.401. The summed E-state index contributed by atoms with van der Waals surface area (Å²) in [5, 5.41) is 0.242. The fourth-order valence-electron chi connectivity index (χ4n) is 0.674. The number of rotatable bonds is 7. The molecular formula is C9H16NO2PS2. The molecule has 0 saturated heterocycles. The third-order valence-corrected chi connectivity index (χ3v) is 7.48. The zero-order valence-corrected chi connectivity index (χ0v) is 11.7. The van der Waals surface area contributed by atoms with E-state index in [1.165, 1.54) is 21.5 Å². The lowest BCUT2D eigenvalue weighted by atomic mass is 10.4. The maximum absolute atomic E-state index is 12.3. The van der Waals surface area contributed by atoms with Crippen LogP contribution in [0, 0.1) is 12.3 Å². The van der Waals surface area contributed by atoms with Crippen LogP contribution in [0.15, 0.2) is 0 Å². The second-order valence-corrected chi connectivity index (χ2v) is 8.02. The fourth-order valence-corrected chi connectivity index (χ4v) is 5.31. The molecule has 0 N–H and O–H groups in total. The van der Waals surface area contributed by atoms with Crippen molar-refractivity contribution in [2.75, 3.05) is 13.7 Å². The lowest BCUT2D eigenvalue weighted by Gasteiger charge is -2.26. The van der Waals surface area contributed by atoms with Gasteiger partial charge in [0.1, 0.15) is 6.61 Å². The first-order chi connectivity index (χ1) is 7.00. The molecule has 0 bridgehead atoms. The standard InChI is InChI=1S/C9H16NO2PS2/c1-5-7-12-13(11,10(4)8-14)15-9(3)6-2/h1,8-9H,6-7H2,2-4H3. The van der Waals surface area contributed by atoms with Gasteiger partial charge in [-0.15, -0.1) is 6.42 Å². The molecule has 0 amide bonds. The maximum atomic E-state index is 12.3. The Bertz CT molecular complexity index is 290. The summed E-state index contributed by atoms with van der Waals surface area (Å²) in [6.07, 6.45) is 6.00. The molecule has 0 aromatic heterocycles. The van der Waals surface area contributed by atoms with E-state index in [4.69, 9.17) is 23.2 Å². The van der Waals surface area contributed by atoms with Crippen LogP contribution >= 0.6 is 30.3 Å². The molecule has 0 heterocycles. The molecule has 0 saturated carbocycles. The number of terminal acetylenes is 1. The predicted octanol–water partition coefficient (Wildman–Crippen LogP) is 3.17. The Kier molecular flexibility index (Phi) is 7.29. The Labute approximate surface area is 101 Å². The summed E-state index contributed by atoms with van der Waals surface area (Å²) < 4.78 is 19.0. The van der Waals surface area contributed by atoms with Gasteiger partial charge >= 0.3 is 6.72 Å². The molecule has 0 aromatic carbocycles. The third kappa shape index (κ3) is 5.03. The Hall–Kier alpha value is -0.0100. The van der Waals surface area contributed by atoms with E-state index < -0.39 is 6.72 Å². The normalized spacial score (nSPS) is 16.1. The second kappa shape index (κ2) is 7.29. The van der Waals surface area contributed by atoms with E-state index in [9.17, 15) is 4.57 Å². The van der Waals surface area contributed by atoms with E-state index in [2.05, 4.69) is 5.92 Å². The van der Waals surface area contributed by atoms with Crippen molar-refractivity contribution in [1.29, 1.82) is 0 Å². The number of hydrogen-bond donors (Lipinski definition) is 0. The highest BCUT2D eigenvalue weighted by molar-refractivity contribution is 8.56. The van der Waals surface area contributed by atoms with Crippen LogP contribution in [-0.2, 0) is 9.09 Å². The minimum absolute atomic E-state index is 0.0359. The molecule has 15 heavy (non-hydrogen) atoms. The van der Waals surface area contributed by atoms with Gasteiger partial charge in [-0.25, -0.2) is 0 Å². The molecule has 2 atom stereocenters. The summed E-state index contributed by atoms with van der Waals surface area (Å²) in [5.74, 6) is 2.31. The minimum Gasteiger partial charge on any atom is -0.293 e. The van der Waals surface area contributed by atoms with Gasteiger partial charge in [-0.3, -0.25) is 13.8 Å². The van der Waals surface area contributed by atoms with Crippen molar-refractivity contribution in [2.24, 2.45) is 0 Å². The van der Waals surface area contributed by atoms with Crippen LogP contribution in [0.5, 0.6) is 0 Å². The average Bonchev–Trinajstić information content (AvgIpc) is 2.24. The summed E-state index contributed by atoms with van der Waals surface area (Å²) in [4.78, 5) is 0. The van der Waals surface area contributed by atoms with Crippen molar-refractivity contribution >= 4 is 35.8 Å². The predicted molar refractivity (Wildman–Crippen MR) is 71.2 cm³/mol. The van der Waals surface area contributed by atoms with Crippen LogP contribution in [0.3, 0.4) is 0 Å². The van der Waals surface area contributed by atoms with Crippen LogP contribution in [0.2, 0.25) is 0 Å². The first kappa shape index (κ1) is 15.0. The number of thiocarbonyl (C=S) groups is 1. The third-order valence-electron chi connectivity index (χ3n) is 1.74. The highest BCUT2D eigenvalue weighted by Crippen LogP contribution is 2.63. The van der Waals surface area contributed by atoms with Gasteiger partial charge in [0.05, 0.1) is 5.49 Å². The Morgan fingerprint density at radius 3 is 2.80 bits per heavy atom. The monoisotopic (exact) mass is 265 g/mol. The van der Waals surface area contributed by atoms with E-state index in [-0.39, 0.29) is 11.9 Å². The maximum Gasteiger partial charge on any atom is 0.354 e. The van der Waals surface area contributed by atoms with Crippen molar-refractivity contribution in [1.82, 2.24) is 4.67 Å². The lowest BCUT2D eigenvalue weighted by Crippen LogP contribution is -2.13. The molecule has 0 aliphatic heterocycles. The van der Waals surface area contributed by atoms with E-state index in [1.807, 2.05) is 13.8 Å². The molecule has 86 valence electrons. The largest absolute Gasteiger partial charge is 0.354 e. The summed E-state index contributed by atoms with van der Waals surface area (Å²) >= 11 is 6.03. The zero-order valence-electron chi connectivity index (χ0n) is 9.17. The van der Waals surface area contributed by atoms with Gasteiger partial charge in [0.15, 0.2) is 0 Å². The van der Waals surface area contributed by atoms with Crippen molar-refractivity contribution in [3.8, 4) is 12.3 Å². The van der Waals surface area contributed by atoms with E-state index in [1.54, 1.807) is 7.05 Å². The van der Waals surface area contributed by atoms with Gasteiger partial charge in [0.25, 0.3) is 0 Å². The lowest BCUT2D eigenvalue weighted by molar-refractivity contribution is 0.348. The number of nitrogens with zero attached hydrogens (tertiary/aromatic N) is 1. The van der Waals surface area contributed by atoms with Crippen LogP contribution in [0.4, 0.5) is 0 Å². The Morgan fingerprint density at radius 2 is 2.40 bits per heavy atom. The van der Waals surface area contributed by atoms with Gasteiger partial charge < -0.3 is 0 Å². The topological polar surface area (TPSA) is 29.5 Å². The molecule has 0 fully saturated rings. The molecular weight excluding hydrogens is 249 g/mol. The molecule has 6 heteroatoms. The first-order valence-electron chi connectivity index (χ1n) is 4.55. The molecule has 0 spiro atoms. The van der Waals surface area contributed by atoms with E-state index in [0.29, 0.717) is 0 Å². The first-order valence-corrected chi connectivity index (χ1v) is 8.08. The minimum atomic E-state index is -2.95. The number of hydrogen-bond acceptors (Lipinski definition) is 4. The van der Waals surface area contributed by atoms with Gasteiger partial charge in [0, 0.05) is 12.3 Å². The Balaban J connectivity index is 4.63. The fraction of sp³-hybridized carbons (Fsp3) is 0.667. The van der Waals surface area contributed by atoms with Gasteiger partial charge in [-0.05, 0) is 17.8 Å². The van der Waals surface area contributed by atoms with Crippen molar-refractivity contribution in [3.05, 3.63) is 0 Å². The van der Waals surface area contributed by atoms with Crippen LogP contribution in [0.25, 0.3) is 0 Å². The zero-order chi connectivity index (χ0) is 11.9. The average molecular weight is 265 g/mol. The molecule has 0 rings (SSSR count). The highest BCUT2D eigenvalue weighted by atomic mass is 32.7. The van der Waals surface area contributed by atoms with Crippen LogP contribution in [-0.4, -0.2) is 29.1 Å². The Morgan fingerprint density at radius 1 is 1.80 bits per heavy atom. The smallest absolute Gasteiger partial charge is 0.293 e.